The van der Waals surface area contributed by atoms with Gasteiger partial charge in [0.15, 0.2) is 0 Å². The van der Waals surface area contributed by atoms with E-state index in [4.69, 9.17) is 5.73 Å². The Kier molecular flexibility index (Phi) is 7.29. The van der Waals surface area contributed by atoms with Crippen LogP contribution in [0.15, 0.2) is 53.4 Å². The van der Waals surface area contributed by atoms with Gasteiger partial charge in [0.25, 0.3) is 0 Å². The maximum absolute atomic E-state index is 13.1. The first-order chi connectivity index (χ1) is 13.2. The number of sulfonamides is 1. The van der Waals surface area contributed by atoms with Gasteiger partial charge in [-0.15, -0.1) is 0 Å². The number of carbonyl (C=O) groups is 1. The fourth-order valence-electron chi connectivity index (χ4n) is 2.99. The molecule has 6 nitrogen and oxygen atoms in total. The smallest absolute Gasteiger partial charge is 0.243 e. The molecule has 0 heterocycles. The van der Waals surface area contributed by atoms with Crippen LogP contribution in [0.3, 0.4) is 0 Å². The van der Waals surface area contributed by atoms with Crippen LogP contribution in [-0.2, 0) is 14.8 Å². The molecule has 28 heavy (non-hydrogen) atoms. The van der Waals surface area contributed by atoms with Crippen LogP contribution < -0.4 is 11.1 Å². The Hall–Kier alpha value is -2.29. The van der Waals surface area contributed by atoms with Crippen molar-refractivity contribution in [2.75, 3.05) is 13.1 Å². The zero-order chi connectivity index (χ0) is 20.9. The Bertz CT molecular complexity index is 895. The van der Waals surface area contributed by atoms with E-state index in [1.165, 1.54) is 28.6 Å². The highest BCUT2D eigenvalue weighted by Gasteiger charge is 2.23. The first-order valence-electron chi connectivity index (χ1n) is 9.11. The molecule has 1 amide bonds. The lowest BCUT2D eigenvalue weighted by atomic mass is 10.0. The van der Waals surface area contributed by atoms with Crippen molar-refractivity contribution in [2.24, 2.45) is 5.73 Å². The summed E-state index contributed by atoms with van der Waals surface area (Å²) in [4.78, 5) is 12.1. The van der Waals surface area contributed by atoms with Crippen LogP contribution in [0, 0.1) is 5.82 Å². The van der Waals surface area contributed by atoms with Crippen LogP contribution in [0.2, 0.25) is 0 Å². The third kappa shape index (κ3) is 4.95. The van der Waals surface area contributed by atoms with Gasteiger partial charge in [-0.25, -0.2) is 12.8 Å². The van der Waals surface area contributed by atoms with Crippen molar-refractivity contribution in [2.45, 2.75) is 37.8 Å². The summed E-state index contributed by atoms with van der Waals surface area (Å²) in [7, 11) is -3.52. The van der Waals surface area contributed by atoms with E-state index >= 15 is 0 Å². The number of hydrogen-bond acceptors (Lipinski definition) is 4. The monoisotopic (exact) mass is 407 g/mol. The summed E-state index contributed by atoms with van der Waals surface area (Å²) in [5.74, 6) is -0.982. The summed E-state index contributed by atoms with van der Waals surface area (Å²) in [5, 5.41) is 3.11. The fourth-order valence-corrected chi connectivity index (χ4v) is 4.44. The number of nitrogens with two attached hydrogens (primary N) is 1. The van der Waals surface area contributed by atoms with Crippen molar-refractivity contribution in [1.82, 2.24) is 9.62 Å². The molecule has 2 atom stereocenters. The van der Waals surface area contributed by atoms with E-state index in [2.05, 4.69) is 5.32 Å². The van der Waals surface area contributed by atoms with Gasteiger partial charge in [-0.3, -0.25) is 10.1 Å². The molecule has 0 saturated heterocycles. The predicted octanol–water partition coefficient (Wildman–Crippen LogP) is 2.73. The average molecular weight is 408 g/mol. The Labute approximate surface area is 165 Å². The molecule has 2 aromatic rings. The maximum Gasteiger partial charge on any atom is 0.243 e. The average Bonchev–Trinajstić information content (AvgIpc) is 2.67. The van der Waals surface area contributed by atoms with E-state index in [0.29, 0.717) is 18.7 Å². The van der Waals surface area contributed by atoms with Crippen molar-refractivity contribution < 1.29 is 17.6 Å². The highest BCUT2D eigenvalue weighted by molar-refractivity contribution is 7.89. The van der Waals surface area contributed by atoms with Gasteiger partial charge in [0.05, 0.1) is 4.90 Å². The lowest BCUT2D eigenvalue weighted by Gasteiger charge is -2.22. The van der Waals surface area contributed by atoms with E-state index in [0.717, 1.165) is 5.56 Å². The molecule has 0 bridgehead atoms. The van der Waals surface area contributed by atoms with Crippen LogP contribution in [-0.4, -0.2) is 31.7 Å². The minimum Gasteiger partial charge on any atom is -0.368 e. The number of primary amides is 1. The summed E-state index contributed by atoms with van der Waals surface area (Å²) in [5.41, 5.74) is 6.85. The molecule has 0 saturated carbocycles. The number of benzene rings is 2. The number of amides is 1. The van der Waals surface area contributed by atoms with E-state index in [1.54, 1.807) is 38.1 Å². The van der Waals surface area contributed by atoms with Gasteiger partial charge in [-0.05, 0) is 42.3 Å². The van der Waals surface area contributed by atoms with Gasteiger partial charge in [0, 0.05) is 19.1 Å². The van der Waals surface area contributed by atoms with Crippen LogP contribution in [0.25, 0.3) is 0 Å². The van der Waals surface area contributed by atoms with Gasteiger partial charge in [0.1, 0.15) is 11.9 Å². The molecule has 3 N–H and O–H groups in total. The highest BCUT2D eigenvalue weighted by Crippen LogP contribution is 2.22. The van der Waals surface area contributed by atoms with E-state index in [-0.39, 0.29) is 10.9 Å². The van der Waals surface area contributed by atoms with Gasteiger partial charge in [-0.2, -0.15) is 4.31 Å². The highest BCUT2D eigenvalue weighted by atomic mass is 32.2. The molecule has 0 spiro atoms. The topological polar surface area (TPSA) is 92.5 Å². The zero-order valence-corrected chi connectivity index (χ0v) is 17.0. The number of nitrogens with zero attached hydrogens (tertiary/aromatic N) is 1. The largest absolute Gasteiger partial charge is 0.368 e. The van der Waals surface area contributed by atoms with Crippen molar-refractivity contribution >= 4 is 15.9 Å². The van der Waals surface area contributed by atoms with Gasteiger partial charge >= 0.3 is 0 Å². The molecule has 152 valence electrons. The molecule has 0 aliphatic rings. The molecule has 8 heteroatoms. The fraction of sp³-hybridized carbons (Fsp3) is 0.350. The van der Waals surface area contributed by atoms with Crippen molar-refractivity contribution in [3.05, 3.63) is 65.5 Å². The SMILES string of the molecule is CCN(CC)S(=O)(=O)c1ccc(C(C)NC(C(N)=O)c2ccc(F)cc2)cc1. The summed E-state index contributed by atoms with van der Waals surface area (Å²) in [6, 6.07) is 11.0. The zero-order valence-electron chi connectivity index (χ0n) is 16.2. The first kappa shape index (κ1) is 22.0. The third-order valence-electron chi connectivity index (χ3n) is 4.63. The summed E-state index contributed by atoms with van der Waals surface area (Å²) < 4.78 is 39.7. The number of rotatable bonds is 9. The van der Waals surface area contributed by atoms with Crippen molar-refractivity contribution in [1.29, 1.82) is 0 Å². The Balaban J connectivity index is 2.20. The summed E-state index contributed by atoms with van der Waals surface area (Å²) in [6.07, 6.45) is 0. The summed E-state index contributed by atoms with van der Waals surface area (Å²) >= 11 is 0. The number of carbonyl (C=O) groups excluding carboxylic acids is 1. The van der Waals surface area contributed by atoms with E-state index in [1.807, 2.05) is 6.92 Å². The second-order valence-electron chi connectivity index (χ2n) is 6.43. The molecule has 0 fully saturated rings. The molecule has 0 aromatic heterocycles. The normalized spacial score (nSPS) is 14.0. The standard InChI is InChI=1S/C20H26FN3O3S/c1-4-24(5-2)28(26,27)18-12-8-15(9-13-18)14(3)23-19(20(22)25)16-6-10-17(21)11-7-16/h6-14,19,23H,4-5H2,1-3H3,(H2,22,25). The predicted molar refractivity (Wildman–Crippen MR) is 106 cm³/mol. The lowest BCUT2D eigenvalue weighted by Crippen LogP contribution is -2.35. The lowest BCUT2D eigenvalue weighted by molar-refractivity contribution is -0.120. The quantitative estimate of drug-likeness (QED) is 0.668. The number of halogens is 1. The second kappa shape index (κ2) is 9.27. The van der Waals surface area contributed by atoms with Crippen molar-refractivity contribution in [3.63, 3.8) is 0 Å². The first-order valence-corrected chi connectivity index (χ1v) is 10.6. The van der Waals surface area contributed by atoms with E-state index in [9.17, 15) is 17.6 Å². The van der Waals surface area contributed by atoms with E-state index < -0.39 is 27.8 Å². The minimum atomic E-state index is -3.52. The molecule has 0 radical (unpaired) electrons. The van der Waals surface area contributed by atoms with Gasteiger partial charge in [-0.1, -0.05) is 38.1 Å². The molecule has 2 aromatic carbocycles. The number of hydrogen-bond donors (Lipinski definition) is 2. The minimum absolute atomic E-state index is 0.220. The molecular weight excluding hydrogens is 381 g/mol. The van der Waals surface area contributed by atoms with Crippen LogP contribution in [0.1, 0.15) is 44.0 Å². The van der Waals surface area contributed by atoms with Crippen molar-refractivity contribution in [3.8, 4) is 0 Å². The molecule has 2 unspecified atom stereocenters. The number of nitrogens with one attached hydrogen (secondary N) is 1. The Morgan fingerprint density at radius 1 is 1.04 bits per heavy atom. The second-order valence-corrected chi connectivity index (χ2v) is 8.37. The summed E-state index contributed by atoms with van der Waals surface area (Å²) in [6.45, 7) is 6.22. The molecule has 2 rings (SSSR count). The molecular formula is C20H26FN3O3S. The van der Waals surface area contributed by atoms with Crippen LogP contribution >= 0.6 is 0 Å². The van der Waals surface area contributed by atoms with Crippen LogP contribution in [0.4, 0.5) is 4.39 Å². The molecule has 0 aliphatic carbocycles. The molecule has 0 aliphatic heterocycles. The van der Waals surface area contributed by atoms with Gasteiger partial charge < -0.3 is 5.73 Å². The van der Waals surface area contributed by atoms with Gasteiger partial charge in [0.2, 0.25) is 15.9 Å². The van der Waals surface area contributed by atoms with Crippen LogP contribution in [0.5, 0.6) is 0 Å². The Morgan fingerprint density at radius 3 is 2.00 bits per heavy atom. The maximum atomic E-state index is 13.1. The Morgan fingerprint density at radius 2 is 1.54 bits per heavy atom. The third-order valence-corrected chi connectivity index (χ3v) is 6.69.